The minimum absolute atomic E-state index is 0.145. The van der Waals surface area contributed by atoms with Gasteiger partial charge in [-0.2, -0.15) is 4.31 Å². The average Bonchev–Trinajstić information content (AvgIpc) is 2.28. The Balaban J connectivity index is 2.91. The lowest BCUT2D eigenvalue weighted by Crippen LogP contribution is -2.30. The molecule has 0 aliphatic heterocycles. The number of sulfonamides is 1. The van der Waals surface area contributed by atoms with Crippen molar-refractivity contribution in [2.45, 2.75) is 18.7 Å². The summed E-state index contributed by atoms with van der Waals surface area (Å²) in [6.07, 6.45) is 0. The highest BCUT2D eigenvalue weighted by Gasteiger charge is 2.22. The largest absolute Gasteiger partial charge is 0.398 e. The molecule has 6 heteroatoms. The minimum Gasteiger partial charge on any atom is -0.398 e. The Morgan fingerprint density at radius 1 is 1.39 bits per heavy atom. The quantitative estimate of drug-likeness (QED) is 0.624. The van der Waals surface area contributed by atoms with Gasteiger partial charge >= 0.3 is 0 Å². The third kappa shape index (κ3) is 3.44. The van der Waals surface area contributed by atoms with E-state index in [9.17, 15) is 8.42 Å². The summed E-state index contributed by atoms with van der Waals surface area (Å²) < 4.78 is 30.9. The Morgan fingerprint density at radius 3 is 2.61 bits per heavy atom. The number of nitrogen functional groups attached to an aromatic ring is 1. The first-order valence-electron chi connectivity index (χ1n) is 5.79. The first kappa shape index (κ1) is 14.9. The molecule has 1 aromatic rings. The third-order valence-electron chi connectivity index (χ3n) is 2.61. The van der Waals surface area contributed by atoms with Crippen molar-refractivity contribution in [3.8, 4) is 0 Å². The van der Waals surface area contributed by atoms with Gasteiger partial charge in [-0.1, -0.05) is 6.07 Å². The van der Waals surface area contributed by atoms with Crippen LogP contribution in [0, 0.1) is 6.92 Å². The fourth-order valence-electron chi connectivity index (χ4n) is 1.53. The molecule has 0 atom stereocenters. The molecule has 0 aliphatic carbocycles. The summed E-state index contributed by atoms with van der Waals surface area (Å²) in [6, 6.07) is 4.93. The molecule has 0 spiro atoms. The molecular formula is C12H20N2O3S. The lowest BCUT2D eigenvalue weighted by atomic mass is 10.2. The van der Waals surface area contributed by atoms with Gasteiger partial charge in [-0.05, 0) is 31.5 Å². The van der Waals surface area contributed by atoms with Gasteiger partial charge in [-0.25, -0.2) is 8.42 Å². The molecule has 0 amide bonds. The van der Waals surface area contributed by atoms with Crippen LogP contribution in [-0.4, -0.2) is 39.5 Å². The summed E-state index contributed by atoms with van der Waals surface area (Å²) in [5.41, 5.74) is 6.97. The van der Waals surface area contributed by atoms with Crippen LogP contribution in [0.1, 0.15) is 12.5 Å². The molecule has 0 radical (unpaired) electrons. The molecule has 0 bridgehead atoms. The van der Waals surface area contributed by atoms with Crippen LogP contribution in [0.15, 0.2) is 23.1 Å². The van der Waals surface area contributed by atoms with Gasteiger partial charge < -0.3 is 10.5 Å². The Kier molecular flexibility index (Phi) is 5.13. The standard InChI is InChI=1S/C12H20N2O3S/c1-4-17-8-7-14(3)18(15,16)12-6-5-10(2)9-11(12)13/h5-6,9H,4,7-8,13H2,1-3H3. The number of ether oxygens (including phenoxy) is 1. The molecule has 0 aromatic heterocycles. The van der Waals surface area contributed by atoms with E-state index in [-0.39, 0.29) is 10.6 Å². The Hall–Kier alpha value is -1.11. The van der Waals surface area contributed by atoms with E-state index in [1.54, 1.807) is 12.1 Å². The van der Waals surface area contributed by atoms with E-state index in [1.165, 1.54) is 17.4 Å². The molecule has 0 saturated carbocycles. The summed E-state index contributed by atoms with van der Waals surface area (Å²) in [5.74, 6) is 0. The highest BCUT2D eigenvalue weighted by Crippen LogP contribution is 2.22. The van der Waals surface area contributed by atoms with E-state index >= 15 is 0 Å². The van der Waals surface area contributed by atoms with Crippen molar-refractivity contribution < 1.29 is 13.2 Å². The van der Waals surface area contributed by atoms with Gasteiger partial charge in [0.1, 0.15) is 4.90 Å². The van der Waals surface area contributed by atoms with E-state index in [0.717, 1.165) is 5.56 Å². The van der Waals surface area contributed by atoms with Gasteiger partial charge in [-0.3, -0.25) is 0 Å². The van der Waals surface area contributed by atoms with Crippen LogP contribution in [0.25, 0.3) is 0 Å². The second-order valence-electron chi connectivity index (χ2n) is 4.06. The molecule has 18 heavy (non-hydrogen) atoms. The Labute approximate surface area is 109 Å². The van der Waals surface area contributed by atoms with E-state index in [1.807, 2.05) is 13.8 Å². The van der Waals surface area contributed by atoms with Crippen molar-refractivity contribution >= 4 is 15.7 Å². The first-order chi connectivity index (χ1) is 8.39. The second-order valence-corrected chi connectivity index (χ2v) is 6.08. The number of likely N-dealkylation sites (N-methyl/N-ethyl adjacent to an activating group) is 1. The molecular weight excluding hydrogens is 252 g/mol. The predicted molar refractivity (Wildman–Crippen MR) is 71.9 cm³/mol. The number of anilines is 1. The van der Waals surface area contributed by atoms with Crippen LogP contribution >= 0.6 is 0 Å². The molecule has 0 heterocycles. The maximum absolute atomic E-state index is 12.2. The lowest BCUT2D eigenvalue weighted by Gasteiger charge is -2.18. The van der Waals surface area contributed by atoms with Gasteiger partial charge in [0, 0.05) is 20.2 Å². The second kappa shape index (κ2) is 6.17. The van der Waals surface area contributed by atoms with Gasteiger partial charge in [0.15, 0.2) is 0 Å². The number of benzene rings is 1. The molecule has 2 N–H and O–H groups in total. The van der Waals surface area contributed by atoms with Gasteiger partial charge in [0.2, 0.25) is 10.0 Å². The van der Waals surface area contributed by atoms with Crippen molar-refractivity contribution in [1.29, 1.82) is 0 Å². The van der Waals surface area contributed by atoms with Crippen LogP contribution in [0.4, 0.5) is 5.69 Å². The number of hydrogen-bond donors (Lipinski definition) is 1. The van der Waals surface area contributed by atoms with Crippen molar-refractivity contribution in [3.63, 3.8) is 0 Å². The Morgan fingerprint density at radius 2 is 2.06 bits per heavy atom. The maximum Gasteiger partial charge on any atom is 0.244 e. The monoisotopic (exact) mass is 272 g/mol. The van der Waals surface area contributed by atoms with Crippen LogP contribution in [0.5, 0.6) is 0 Å². The van der Waals surface area contributed by atoms with E-state index in [4.69, 9.17) is 10.5 Å². The number of nitrogens with two attached hydrogens (primary N) is 1. The number of rotatable bonds is 6. The number of nitrogens with zero attached hydrogens (tertiary/aromatic N) is 1. The topological polar surface area (TPSA) is 72.6 Å². The normalized spacial score (nSPS) is 12.0. The van der Waals surface area contributed by atoms with Crippen molar-refractivity contribution in [3.05, 3.63) is 23.8 Å². The number of hydrogen-bond acceptors (Lipinski definition) is 4. The molecule has 0 fully saturated rings. The van der Waals surface area contributed by atoms with E-state index in [2.05, 4.69) is 0 Å². The Bertz CT molecular complexity index is 500. The first-order valence-corrected chi connectivity index (χ1v) is 7.23. The maximum atomic E-state index is 12.2. The zero-order valence-electron chi connectivity index (χ0n) is 11.0. The summed E-state index contributed by atoms with van der Waals surface area (Å²) in [6.45, 7) is 4.99. The molecule has 0 unspecified atom stereocenters. The zero-order valence-corrected chi connectivity index (χ0v) is 11.8. The molecule has 102 valence electrons. The van der Waals surface area contributed by atoms with Gasteiger partial charge in [-0.15, -0.1) is 0 Å². The van der Waals surface area contributed by atoms with Crippen LogP contribution in [0.3, 0.4) is 0 Å². The van der Waals surface area contributed by atoms with Crippen LogP contribution in [0.2, 0.25) is 0 Å². The SMILES string of the molecule is CCOCCN(C)S(=O)(=O)c1ccc(C)cc1N. The smallest absolute Gasteiger partial charge is 0.244 e. The van der Waals surface area contributed by atoms with Crippen molar-refractivity contribution in [2.75, 3.05) is 32.5 Å². The number of aryl methyl sites for hydroxylation is 1. The molecule has 1 aromatic carbocycles. The fourth-order valence-corrected chi connectivity index (χ4v) is 2.78. The fraction of sp³-hybridized carbons (Fsp3) is 0.500. The van der Waals surface area contributed by atoms with Gasteiger partial charge in [0.25, 0.3) is 0 Å². The third-order valence-corrected chi connectivity index (χ3v) is 4.54. The summed E-state index contributed by atoms with van der Waals surface area (Å²) >= 11 is 0. The summed E-state index contributed by atoms with van der Waals surface area (Å²) in [7, 11) is -2.02. The summed E-state index contributed by atoms with van der Waals surface area (Å²) in [5, 5.41) is 0. The summed E-state index contributed by atoms with van der Waals surface area (Å²) in [4.78, 5) is 0.145. The predicted octanol–water partition coefficient (Wildman–Crippen LogP) is 1.23. The lowest BCUT2D eigenvalue weighted by molar-refractivity contribution is 0.138. The van der Waals surface area contributed by atoms with Crippen molar-refractivity contribution in [2.24, 2.45) is 0 Å². The average molecular weight is 272 g/mol. The zero-order chi connectivity index (χ0) is 13.8. The van der Waals surface area contributed by atoms with Crippen LogP contribution in [-0.2, 0) is 14.8 Å². The minimum atomic E-state index is -3.54. The van der Waals surface area contributed by atoms with Gasteiger partial charge in [0.05, 0.1) is 12.3 Å². The van der Waals surface area contributed by atoms with Crippen molar-refractivity contribution in [1.82, 2.24) is 4.31 Å². The highest BCUT2D eigenvalue weighted by atomic mass is 32.2. The van der Waals surface area contributed by atoms with E-state index < -0.39 is 10.0 Å². The molecule has 0 aliphatic rings. The molecule has 1 rings (SSSR count). The molecule has 0 saturated heterocycles. The molecule has 5 nitrogen and oxygen atoms in total. The van der Waals surface area contributed by atoms with E-state index in [0.29, 0.717) is 19.8 Å². The highest BCUT2D eigenvalue weighted by molar-refractivity contribution is 7.89. The van der Waals surface area contributed by atoms with Crippen LogP contribution < -0.4 is 5.73 Å².